The molecule has 144 valence electrons. The summed E-state index contributed by atoms with van der Waals surface area (Å²) in [5.41, 5.74) is 1.79. The highest BCUT2D eigenvalue weighted by Crippen LogP contribution is 2.20. The molecule has 0 atom stereocenters. The number of amides is 1. The van der Waals surface area contributed by atoms with Crippen molar-refractivity contribution in [2.45, 2.75) is 19.5 Å². The number of nitrogens with one attached hydrogen (secondary N) is 1. The van der Waals surface area contributed by atoms with Gasteiger partial charge in [0, 0.05) is 31.2 Å². The summed E-state index contributed by atoms with van der Waals surface area (Å²) in [5.74, 6) is -0.313. The van der Waals surface area contributed by atoms with Gasteiger partial charge >= 0.3 is 0 Å². The first kappa shape index (κ1) is 19.8. The molecule has 0 aliphatic carbocycles. The number of carbonyl (C=O) groups excluding carboxylic acids is 1. The van der Waals surface area contributed by atoms with E-state index in [2.05, 4.69) is 5.32 Å². The van der Waals surface area contributed by atoms with E-state index in [-0.39, 0.29) is 19.0 Å². The number of halogens is 1. The van der Waals surface area contributed by atoms with Crippen LogP contribution in [-0.4, -0.2) is 42.6 Å². The van der Waals surface area contributed by atoms with Gasteiger partial charge < -0.3 is 5.32 Å². The van der Waals surface area contributed by atoms with Gasteiger partial charge in [0.25, 0.3) is 10.2 Å². The molecule has 0 spiro atoms. The molecule has 1 heterocycles. The van der Waals surface area contributed by atoms with Gasteiger partial charge in [-0.05, 0) is 29.7 Å². The van der Waals surface area contributed by atoms with Gasteiger partial charge in [0.1, 0.15) is 0 Å². The fourth-order valence-corrected chi connectivity index (χ4v) is 4.84. The number of benzene rings is 2. The first-order valence-electron chi connectivity index (χ1n) is 8.75. The second-order valence-corrected chi connectivity index (χ2v) is 8.79. The van der Waals surface area contributed by atoms with E-state index in [0.717, 1.165) is 11.1 Å². The zero-order chi connectivity index (χ0) is 19.3. The van der Waals surface area contributed by atoms with Crippen molar-refractivity contribution in [3.05, 3.63) is 70.7 Å². The summed E-state index contributed by atoms with van der Waals surface area (Å²) in [6.07, 6.45) is 0.672. The highest BCUT2D eigenvalue weighted by molar-refractivity contribution is 7.86. The fraction of sp³-hybridized carbons (Fsp3) is 0.316. The molecule has 27 heavy (non-hydrogen) atoms. The molecule has 0 radical (unpaired) electrons. The van der Waals surface area contributed by atoms with Gasteiger partial charge in [-0.1, -0.05) is 54.1 Å². The van der Waals surface area contributed by atoms with Crippen molar-refractivity contribution in [1.29, 1.82) is 0 Å². The third-order valence-electron chi connectivity index (χ3n) is 4.37. The molecule has 2 aromatic rings. The minimum atomic E-state index is -3.69. The zero-order valence-electron chi connectivity index (χ0n) is 14.8. The van der Waals surface area contributed by atoms with Crippen LogP contribution in [0.15, 0.2) is 54.6 Å². The summed E-state index contributed by atoms with van der Waals surface area (Å²) in [6, 6.07) is 16.6. The van der Waals surface area contributed by atoms with Crippen molar-refractivity contribution < 1.29 is 13.2 Å². The van der Waals surface area contributed by atoms with Crippen LogP contribution in [0.25, 0.3) is 0 Å². The van der Waals surface area contributed by atoms with Crippen LogP contribution in [0.4, 0.5) is 0 Å². The Labute approximate surface area is 164 Å². The Kier molecular flexibility index (Phi) is 6.49. The third kappa shape index (κ3) is 5.29. The second kappa shape index (κ2) is 8.84. The van der Waals surface area contributed by atoms with E-state index in [1.165, 1.54) is 8.61 Å². The fourth-order valence-electron chi connectivity index (χ4n) is 2.99. The van der Waals surface area contributed by atoms with Crippen molar-refractivity contribution in [3.63, 3.8) is 0 Å². The normalized spacial score (nSPS) is 17.5. The molecule has 1 saturated heterocycles. The molecular formula is C19H22ClN3O3S. The minimum absolute atomic E-state index is 0.179. The van der Waals surface area contributed by atoms with Gasteiger partial charge in [-0.2, -0.15) is 17.0 Å². The average molecular weight is 408 g/mol. The lowest BCUT2D eigenvalue weighted by Crippen LogP contribution is -2.52. The van der Waals surface area contributed by atoms with Crippen LogP contribution in [0.1, 0.15) is 17.5 Å². The SMILES string of the molecule is O=C(CN1CCCN(Cc2cccc(Cl)c2)S1(=O)=O)NCc1ccccc1. The first-order valence-corrected chi connectivity index (χ1v) is 10.5. The molecule has 1 amide bonds. The van der Waals surface area contributed by atoms with Crippen LogP contribution in [0.2, 0.25) is 5.02 Å². The first-order chi connectivity index (χ1) is 12.9. The summed E-state index contributed by atoms with van der Waals surface area (Å²) in [5, 5.41) is 3.34. The van der Waals surface area contributed by atoms with Crippen LogP contribution >= 0.6 is 11.6 Å². The van der Waals surface area contributed by atoms with Crippen molar-refractivity contribution in [2.75, 3.05) is 19.6 Å². The lowest BCUT2D eigenvalue weighted by atomic mass is 10.2. The molecular weight excluding hydrogens is 386 g/mol. The van der Waals surface area contributed by atoms with E-state index in [0.29, 0.717) is 31.1 Å². The summed E-state index contributed by atoms with van der Waals surface area (Å²) >= 11 is 5.99. The highest BCUT2D eigenvalue weighted by Gasteiger charge is 2.34. The van der Waals surface area contributed by atoms with Gasteiger partial charge in [0.15, 0.2) is 0 Å². The van der Waals surface area contributed by atoms with Crippen molar-refractivity contribution in [2.24, 2.45) is 0 Å². The number of hydrogen-bond donors (Lipinski definition) is 1. The van der Waals surface area contributed by atoms with Crippen molar-refractivity contribution >= 4 is 27.7 Å². The number of rotatable bonds is 6. The monoisotopic (exact) mass is 407 g/mol. The van der Waals surface area contributed by atoms with Crippen molar-refractivity contribution in [3.8, 4) is 0 Å². The van der Waals surface area contributed by atoms with E-state index in [1.807, 2.05) is 36.4 Å². The largest absolute Gasteiger partial charge is 0.351 e. The van der Waals surface area contributed by atoms with Gasteiger partial charge in [-0.3, -0.25) is 4.79 Å². The third-order valence-corrected chi connectivity index (χ3v) is 6.53. The maximum Gasteiger partial charge on any atom is 0.282 e. The van der Waals surface area contributed by atoms with Crippen LogP contribution in [0, 0.1) is 0 Å². The number of nitrogens with zero attached hydrogens (tertiary/aromatic N) is 2. The summed E-state index contributed by atoms with van der Waals surface area (Å²) in [6.45, 7) is 1.20. The second-order valence-electron chi connectivity index (χ2n) is 6.42. The molecule has 0 unspecified atom stereocenters. The molecule has 0 bridgehead atoms. The van der Waals surface area contributed by atoms with Crippen molar-refractivity contribution in [1.82, 2.24) is 13.9 Å². The Balaban J connectivity index is 1.61. The van der Waals surface area contributed by atoms with Crippen LogP contribution in [0.5, 0.6) is 0 Å². The van der Waals surface area contributed by atoms with E-state index in [1.54, 1.807) is 18.2 Å². The maximum atomic E-state index is 12.9. The lowest BCUT2D eigenvalue weighted by Gasteiger charge is -2.34. The quantitative estimate of drug-likeness (QED) is 0.799. The molecule has 1 fully saturated rings. The number of carbonyl (C=O) groups is 1. The van der Waals surface area contributed by atoms with Gasteiger partial charge in [-0.25, -0.2) is 0 Å². The molecule has 8 heteroatoms. The van der Waals surface area contributed by atoms with E-state index in [9.17, 15) is 13.2 Å². The molecule has 2 aromatic carbocycles. The standard InChI is InChI=1S/C19H22ClN3O3S/c20-18-9-4-8-17(12-18)14-22-10-5-11-23(27(22,25)26)15-19(24)21-13-16-6-2-1-3-7-16/h1-4,6-9,12H,5,10-11,13-15H2,(H,21,24). The summed E-state index contributed by atoms with van der Waals surface area (Å²) in [4.78, 5) is 12.2. The van der Waals surface area contributed by atoms with Gasteiger partial charge in [-0.15, -0.1) is 0 Å². The van der Waals surface area contributed by atoms with E-state index in [4.69, 9.17) is 11.6 Å². The Morgan fingerprint density at radius 3 is 2.44 bits per heavy atom. The minimum Gasteiger partial charge on any atom is -0.351 e. The average Bonchev–Trinajstić information content (AvgIpc) is 2.64. The van der Waals surface area contributed by atoms with Crippen LogP contribution in [-0.2, 0) is 28.1 Å². The van der Waals surface area contributed by atoms with Crippen LogP contribution in [0.3, 0.4) is 0 Å². The van der Waals surface area contributed by atoms with E-state index >= 15 is 0 Å². The summed E-state index contributed by atoms with van der Waals surface area (Å²) < 4.78 is 28.3. The van der Waals surface area contributed by atoms with Gasteiger partial charge in [0.2, 0.25) is 5.91 Å². The molecule has 6 nitrogen and oxygen atoms in total. The molecule has 1 N–H and O–H groups in total. The predicted octanol–water partition coefficient (Wildman–Crippen LogP) is 2.41. The predicted molar refractivity (Wildman–Crippen MR) is 105 cm³/mol. The van der Waals surface area contributed by atoms with E-state index < -0.39 is 10.2 Å². The maximum absolute atomic E-state index is 12.9. The Morgan fingerprint density at radius 2 is 1.70 bits per heavy atom. The lowest BCUT2D eigenvalue weighted by molar-refractivity contribution is -0.121. The molecule has 1 aliphatic heterocycles. The Morgan fingerprint density at radius 1 is 1.00 bits per heavy atom. The highest BCUT2D eigenvalue weighted by atomic mass is 35.5. The Bertz CT molecular complexity index is 890. The number of hydrogen-bond acceptors (Lipinski definition) is 3. The smallest absolute Gasteiger partial charge is 0.282 e. The van der Waals surface area contributed by atoms with Crippen LogP contribution < -0.4 is 5.32 Å². The summed E-state index contributed by atoms with van der Waals surface area (Å²) in [7, 11) is -3.69. The molecule has 3 rings (SSSR count). The van der Waals surface area contributed by atoms with Gasteiger partial charge in [0.05, 0.1) is 6.54 Å². The zero-order valence-corrected chi connectivity index (χ0v) is 16.4. The molecule has 0 saturated carbocycles. The molecule has 0 aromatic heterocycles. The Hall–Kier alpha value is -1.93. The topological polar surface area (TPSA) is 69.7 Å². The molecule has 1 aliphatic rings.